The van der Waals surface area contributed by atoms with Crippen molar-refractivity contribution in [1.82, 2.24) is 4.98 Å². The van der Waals surface area contributed by atoms with Gasteiger partial charge in [-0.15, -0.1) is 0 Å². The third-order valence-electron chi connectivity index (χ3n) is 2.98. The van der Waals surface area contributed by atoms with Crippen molar-refractivity contribution in [3.8, 4) is 0 Å². The Kier molecular flexibility index (Phi) is 5.27. The number of aromatic nitrogens is 1. The number of carbonyl (C=O) groups excluding carboxylic acids is 1. The first-order chi connectivity index (χ1) is 10.5. The van der Waals surface area contributed by atoms with Gasteiger partial charge in [0, 0.05) is 12.0 Å². The smallest absolute Gasteiger partial charge is 0.357 e. The fourth-order valence-electron chi connectivity index (χ4n) is 1.65. The van der Waals surface area contributed by atoms with E-state index >= 15 is 0 Å². The van der Waals surface area contributed by atoms with Gasteiger partial charge in [-0.05, 0) is 17.7 Å². The Bertz CT molecular complexity index is 766. The van der Waals surface area contributed by atoms with Gasteiger partial charge in [0.05, 0.1) is 9.73 Å². The second kappa shape index (κ2) is 7.17. The van der Waals surface area contributed by atoms with Crippen molar-refractivity contribution in [1.29, 1.82) is 0 Å². The highest BCUT2D eigenvalue weighted by molar-refractivity contribution is 7.93. The molecule has 1 heterocycles. The van der Waals surface area contributed by atoms with Crippen LogP contribution in [0.2, 0.25) is 0 Å². The molecule has 2 rings (SSSR count). The molecule has 5 nitrogen and oxygen atoms in total. The van der Waals surface area contributed by atoms with Crippen molar-refractivity contribution in [2.75, 3.05) is 12.0 Å². The zero-order valence-electron chi connectivity index (χ0n) is 12.6. The third kappa shape index (κ3) is 4.66. The molecule has 1 aromatic carbocycles. The van der Waals surface area contributed by atoms with E-state index in [0.29, 0.717) is 5.75 Å². The fraction of sp³-hybridized carbons (Fsp3) is 0.250. The summed E-state index contributed by atoms with van der Waals surface area (Å²) in [5.41, 5.74) is 1.06. The largest absolute Gasteiger partial charge is 0.456 e. The first-order valence-electron chi connectivity index (χ1n) is 6.88. The molecule has 0 aliphatic carbocycles. The summed E-state index contributed by atoms with van der Waals surface area (Å²) in [5, 5.41) is 0. The number of ether oxygens (including phenoxy) is 1. The number of nitrogens with zero attached hydrogens (tertiary/aromatic N) is 2. The van der Waals surface area contributed by atoms with Crippen LogP contribution in [0.3, 0.4) is 0 Å². The molecule has 0 saturated carbocycles. The summed E-state index contributed by atoms with van der Waals surface area (Å²) in [5.74, 6) is 0.181. The number of carbonyl (C=O) groups is 1. The van der Waals surface area contributed by atoms with Gasteiger partial charge >= 0.3 is 5.97 Å². The maximum absolute atomic E-state index is 12.0. The van der Waals surface area contributed by atoms with Crippen LogP contribution in [-0.2, 0) is 21.1 Å². The lowest BCUT2D eigenvalue weighted by molar-refractivity contribution is 0.0466. The van der Waals surface area contributed by atoms with Crippen molar-refractivity contribution < 1.29 is 13.7 Å². The van der Waals surface area contributed by atoms with E-state index in [-0.39, 0.29) is 18.1 Å². The Morgan fingerprint density at radius 1 is 1.18 bits per heavy atom. The van der Waals surface area contributed by atoms with E-state index < -0.39 is 15.7 Å². The lowest BCUT2D eigenvalue weighted by atomic mass is 10.2. The maximum atomic E-state index is 12.0. The number of rotatable bonds is 5. The quantitative estimate of drug-likeness (QED) is 0.794. The number of benzene rings is 1. The predicted molar refractivity (Wildman–Crippen MR) is 86.5 cm³/mol. The lowest BCUT2D eigenvalue weighted by Crippen LogP contribution is -2.07. The number of hydrogen-bond donors (Lipinski definition) is 0. The van der Waals surface area contributed by atoms with Crippen molar-refractivity contribution >= 4 is 21.5 Å². The van der Waals surface area contributed by atoms with E-state index in [1.807, 2.05) is 30.3 Å². The molecule has 116 valence electrons. The molecule has 0 radical (unpaired) electrons. The summed E-state index contributed by atoms with van der Waals surface area (Å²) in [4.78, 5) is 16.1. The van der Waals surface area contributed by atoms with Crippen LogP contribution in [0.25, 0.3) is 0 Å². The van der Waals surface area contributed by atoms with Gasteiger partial charge in [0.15, 0.2) is 11.5 Å². The van der Waals surface area contributed by atoms with E-state index in [4.69, 9.17) is 4.74 Å². The minimum absolute atomic E-state index is 0.156. The first kappa shape index (κ1) is 16.2. The van der Waals surface area contributed by atoms with Crippen LogP contribution in [0.4, 0.5) is 5.82 Å². The topological polar surface area (TPSA) is 68.6 Å². The van der Waals surface area contributed by atoms with Gasteiger partial charge < -0.3 is 4.74 Å². The molecule has 1 aromatic heterocycles. The van der Waals surface area contributed by atoms with E-state index in [1.54, 1.807) is 31.4 Å². The van der Waals surface area contributed by atoms with E-state index in [0.717, 1.165) is 5.56 Å². The second-order valence-electron chi connectivity index (χ2n) is 4.78. The van der Waals surface area contributed by atoms with Crippen LogP contribution < -0.4 is 0 Å². The molecule has 2 aromatic rings. The highest BCUT2D eigenvalue weighted by atomic mass is 32.2. The summed E-state index contributed by atoms with van der Waals surface area (Å²) in [6.07, 6.45) is 1.56. The lowest BCUT2D eigenvalue weighted by Gasteiger charge is -2.05. The van der Waals surface area contributed by atoms with Crippen LogP contribution in [0, 0.1) is 0 Å². The molecule has 1 atom stereocenters. The van der Waals surface area contributed by atoms with Gasteiger partial charge in [0.1, 0.15) is 6.61 Å². The van der Waals surface area contributed by atoms with Crippen LogP contribution in [-0.4, -0.2) is 27.2 Å². The van der Waals surface area contributed by atoms with Gasteiger partial charge in [-0.3, -0.25) is 0 Å². The predicted octanol–water partition coefficient (Wildman–Crippen LogP) is 3.19. The van der Waals surface area contributed by atoms with Crippen molar-refractivity contribution in [3.63, 3.8) is 0 Å². The normalized spacial score (nSPS) is 13.2. The molecular formula is C16H18N2O3S. The Morgan fingerprint density at radius 2 is 1.91 bits per heavy atom. The molecular weight excluding hydrogens is 300 g/mol. The molecule has 1 unspecified atom stereocenters. The number of esters is 1. The van der Waals surface area contributed by atoms with E-state index in [2.05, 4.69) is 9.35 Å². The zero-order valence-corrected chi connectivity index (χ0v) is 13.4. The summed E-state index contributed by atoms with van der Waals surface area (Å²) in [7, 11) is -2.31. The first-order valence-corrected chi connectivity index (χ1v) is 8.97. The third-order valence-corrected chi connectivity index (χ3v) is 4.62. The fourth-order valence-corrected chi connectivity index (χ4v) is 2.27. The van der Waals surface area contributed by atoms with Crippen LogP contribution in [0.5, 0.6) is 0 Å². The summed E-state index contributed by atoms with van der Waals surface area (Å²) in [6, 6.07) is 14.2. The molecule has 0 amide bonds. The Labute approximate surface area is 130 Å². The molecule has 6 heteroatoms. The molecule has 0 aliphatic heterocycles. The molecule has 0 saturated heterocycles. The molecule has 0 spiro atoms. The number of hydrogen-bond acceptors (Lipinski definition) is 5. The average molecular weight is 318 g/mol. The van der Waals surface area contributed by atoms with E-state index in [1.165, 1.54) is 0 Å². The molecule has 0 aliphatic rings. The van der Waals surface area contributed by atoms with E-state index in [9.17, 15) is 9.00 Å². The van der Waals surface area contributed by atoms with Crippen molar-refractivity contribution in [3.05, 3.63) is 59.8 Å². The Balaban J connectivity index is 2.11. The monoisotopic (exact) mass is 318 g/mol. The van der Waals surface area contributed by atoms with Gasteiger partial charge in [0.25, 0.3) is 0 Å². The molecule has 0 bridgehead atoms. The van der Waals surface area contributed by atoms with Gasteiger partial charge in [-0.1, -0.05) is 43.3 Å². The molecule has 0 fully saturated rings. The Hall–Kier alpha value is -2.21. The van der Waals surface area contributed by atoms with Crippen LogP contribution >= 0.6 is 0 Å². The van der Waals surface area contributed by atoms with Gasteiger partial charge in [-0.25, -0.2) is 14.0 Å². The highest BCUT2D eigenvalue weighted by Gasteiger charge is 2.10. The van der Waals surface area contributed by atoms with Gasteiger partial charge in [-0.2, -0.15) is 4.36 Å². The van der Waals surface area contributed by atoms with Crippen LogP contribution in [0.1, 0.15) is 23.0 Å². The maximum Gasteiger partial charge on any atom is 0.357 e. The molecule has 0 N–H and O–H groups in total. The summed E-state index contributed by atoms with van der Waals surface area (Å²) in [6.45, 7) is 1.98. The summed E-state index contributed by atoms with van der Waals surface area (Å²) >= 11 is 0. The van der Waals surface area contributed by atoms with Crippen molar-refractivity contribution in [2.45, 2.75) is 13.5 Å². The minimum atomic E-state index is -2.31. The number of pyridine rings is 1. The Morgan fingerprint density at radius 3 is 2.59 bits per heavy atom. The molecule has 22 heavy (non-hydrogen) atoms. The average Bonchev–Trinajstić information content (AvgIpc) is 2.53. The SMILES string of the molecule is CCS(C)(=O)=Nc1cccc(C(=O)OCc2ccccc2)n1. The summed E-state index contributed by atoms with van der Waals surface area (Å²) < 4.78 is 21.3. The second-order valence-corrected chi connectivity index (χ2v) is 7.46. The van der Waals surface area contributed by atoms with Gasteiger partial charge in [0.2, 0.25) is 0 Å². The standard InChI is InChI=1S/C16H18N2O3S/c1-3-22(2,20)18-15-11-7-10-14(17-15)16(19)21-12-13-8-5-4-6-9-13/h4-11H,3,12H2,1-2H3. The minimum Gasteiger partial charge on any atom is -0.456 e. The van der Waals surface area contributed by atoms with Crippen molar-refractivity contribution in [2.24, 2.45) is 4.36 Å². The zero-order chi connectivity index (χ0) is 16.0. The van der Waals surface area contributed by atoms with Crippen LogP contribution in [0.15, 0.2) is 52.9 Å². The highest BCUT2D eigenvalue weighted by Crippen LogP contribution is 2.13.